The Morgan fingerprint density at radius 1 is 0.950 bits per heavy atom. The molecule has 1 aliphatic heterocycles. The third-order valence-corrected chi connectivity index (χ3v) is 3.70. The summed E-state index contributed by atoms with van der Waals surface area (Å²) in [6, 6.07) is 17.6. The average Bonchev–Trinajstić information content (AvgIpc) is 2.50. The number of rotatable bonds is 2. The summed E-state index contributed by atoms with van der Waals surface area (Å²) < 4.78 is 0. The summed E-state index contributed by atoms with van der Waals surface area (Å²) in [6.07, 6.45) is 1.18. The van der Waals surface area contributed by atoms with Crippen LogP contribution in [-0.4, -0.2) is 11.4 Å². The van der Waals surface area contributed by atoms with Crippen LogP contribution in [0.4, 0.5) is 0 Å². The fourth-order valence-corrected chi connectivity index (χ4v) is 2.72. The molecule has 0 amide bonds. The first kappa shape index (κ1) is 14.8. The third kappa shape index (κ3) is 3.71. The zero-order chi connectivity index (χ0) is 14.4. The van der Waals surface area contributed by atoms with Crippen molar-refractivity contribution in [2.45, 2.75) is 40.3 Å². The summed E-state index contributed by atoms with van der Waals surface area (Å²) in [5.74, 6) is 0. The van der Waals surface area contributed by atoms with Crippen molar-refractivity contribution in [2.75, 3.05) is 6.54 Å². The van der Waals surface area contributed by atoms with Crippen LogP contribution >= 0.6 is 0 Å². The van der Waals surface area contributed by atoms with Crippen molar-refractivity contribution in [2.24, 2.45) is 0 Å². The van der Waals surface area contributed by atoms with Crippen LogP contribution < -0.4 is 0 Å². The molecule has 0 aliphatic carbocycles. The maximum absolute atomic E-state index is 2.53. The van der Waals surface area contributed by atoms with Gasteiger partial charge in [-0.15, -0.1) is 0 Å². The Kier molecular flexibility index (Phi) is 5.37. The molecule has 0 unspecified atom stereocenters. The predicted octanol–water partition coefficient (Wildman–Crippen LogP) is 4.58. The molecule has 1 heterocycles. The van der Waals surface area contributed by atoms with Gasteiger partial charge < -0.3 is 0 Å². The van der Waals surface area contributed by atoms with Crippen molar-refractivity contribution < 1.29 is 0 Å². The molecular weight excluding hydrogens is 242 g/mol. The number of hydrogen-bond donors (Lipinski definition) is 0. The first-order valence-corrected chi connectivity index (χ1v) is 7.66. The average molecular weight is 267 g/mol. The first-order valence-electron chi connectivity index (χ1n) is 7.66. The molecule has 0 spiro atoms. The fraction of sp³-hybridized carbons (Fsp3) is 0.368. The summed E-state index contributed by atoms with van der Waals surface area (Å²) in [4.78, 5) is 2.53. The summed E-state index contributed by atoms with van der Waals surface area (Å²) in [5.41, 5.74) is 5.83. The van der Waals surface area contributed by atoms with E-state index in [1.54, 1.807) is 5.56 Å². The number of aryl methyl sites for hydroxylation is 1. The van der Waals surface area contributed by atoms with Crippen molar-refractivity contribution in [3.63, 3.8) is 0 Å². The molecule has 0 bridgehead atoms. The molecule has 106 valence electrons. The van der Waals surface area contributed by atoms with Gasteiger partial charge in [0, 0.05) is 19.6 Å². The maximum Gasteiger partial charge on any atom is 0.0240 e. The van der Waals surface area contributed by atoms with Gasteiger partial charge in [0.15, 0.2) is 0 Å². The van der Waals surface area contributed by atoms with Gasteiger partial charge in [0.1, 0.15) is 0 Å². The lowest BCUT2D eigenvalue weighted by molar-refractivity contribution is 0.245. The van der Waals surface area contributed by atoms with Gasteiger partial charge in [-0.3, -0.25) is 4.90 Å². The van der Waals surface area contributed by atoms with Crippen LogP contribution in [0.1, 0.15) is 36.1 Å². The highest BCUT2D eigenvalue weighted by molar-refractivity contribution is 5.33. The highest BCUT2D eigenvalue weighted by Gasteiger charge is 2.15. The fourth-order valence-electron chi connectivity index (χ4n) is 2.72. The van der Waals surface area contributed by atoms with E-state index in [0.29, 0.717) is 0 Å². The van der Waals surface area contributed by atoms with E-state index in [4.69, 9.17) is 0 Å². The van der Waals surface area contributed by atoms with E-state index >= 15 is 0 Å². The minimum Gasteiger partial charge on any atom is -0.294 e. The van der Waals surface area contributed by atoms with Gasteiger partial charge in [-0.25, -0.2) is 0 Å². The minimum atomic E-state index is 1.06. The second-order valence-corrected chi connectivity index (χ2v) is 5.22. The van der Waals surface area contributed by atoms with E-state index in [9.17, 15) is 0 Å². The summed E-state index contributed by atoms with van der Waals surface area (Å²) in [5, 5.41) is 0. The monoisotopic (exact) mass is 267 g/mol. The highest BCUT2D eigenvalue weighted by Crippen LogP contribution is 2.21. The molecule has 0 aromatic heterocycles. The largest absolute Gasteiger partial charge is 0.294 e. The normalized spacial score (nSPS) is 14.2. The molecule has 0 radical (unpaired) electrons. The number of fused-ring (bicyclic) bond motifs is 1. The second kappa shape index (κ2) is 7.25. The van der Waals surface area contributed by atoms with Crippen LogP contribution in [0, 0.1) is 6.92 Å². The molecule has 1 aliphatic rings. The topological polar surface area (TPSA) is 3.24 Å². The molecule has 20 heavy (non-hydrogen) atoms. The number of benzene rings is 2. The van der Waals surface area contributed by atoms with Crippen molar-refractivity contribution in [1.29, 1.82) is 0 Å². The smallest absolute Gasteiger partial charge is 0.0240 e. The number of hydrogen-bond acceptors (Lipinski definition) is 1. The van der Waals surface area contributed by atoms with Gasteiger partial charge in [-0.1, -0.05) is 67.9 Å². The molecule has 0 saturated heterocycles. The molecule has 0 N–H and O–H groups in total. The molecule has 2 aromatic carbocycles. The molecule has 2 aromatic rings. The lowest BCUT2D eigenvalue weighted by atomic mass is 9.97. The quantitative estimate of drug-likeness (QED) is 0.770. The van der Waals surface area contributed by atoms with E-state index in [1.165, 1.54) is 29.7 Å². The van der Waals surface area contributed by atoms with E-state index < -0.39 is 0 Å². The van der Waals surface area contributed by atoms with E-state index in [2.05, 4.69) is 60.4 Å². The SMILES string of the molecule is CC.Cc1ccc2c(c1)CCN(Cc1ccccc1)C2. The zero-order valence-electron chi connectivity index (χ0n) is 12.9. The van der Waals surface area contributed by atoms with E-state index in [-0.39, 0.29) is 0 Å². The molecule has 0 fully saturated rings. The molecular formula is C19H25N. The second-order valence-electron chi connectivity index (χ2n) is 5.22. The predicted molar refractivity (Wildman–Crippen MR) is 86.8 cm³/mol. The Morgan fingerprint density at radius 2 is 1.70 bits per heavy atom. The third-order valence-electron chi connectivity index (χ3n) is 3.70. The van der Waals surface area contributed by atoms with Crippen molar-refractivity contribution in [1.82, 2.24) is 4.90 Å². The van der Waals surface area contributed by atoms with Crippen molar-refractivity contribution >= 4 is 0 Å². The minimum absolute atomic E-state index is 1.06. The molecule has 0 atom stereocenters. The van der Waals surface area contributed by atoms with Gasteiger partial charge in [0.05, 0.1) is 0 Å². The van der Waals surface area contributed by atoms with Crippen LogP contribution in [0.3, 0.4) is 0 Å². The summed E-state index contributed by atoms with van der Waals surface area (Å²) in [6.45, 7) is 9.50. The Morgan fingerprint density at radius 3 is 2.45 bits per heavy atom. The maximum atomic E-state index is 2.53. The highest BCUT2D eigenvalue weighted by atomic mass is 15.1. The summed E-state index contributed by atoms with van der Waals surface area (Å²) in [7, 11) is 0. The van der Waals surface area contributed by atoms with Crippen LogP contribution in [0.25, 0.3) is 0 Å². The van der Waals surface area contributed by atoms with Gasteiger partial charge in [0.2, 0.25) is 0 Å². The number of nitrogens with zero attached hydrogens (tertiary/aromatic N) is 1. The van der Waals surface area contributed by atoms with Crippen LogP contribution in [-0.2, 0) is 19.5 Å². The van der Waals surface area contributed by atoms with Gasteiger partial charge in [-0.2, -0.15) is 0 Å². The van der Waals surface area contributed by atoms with Gasteiger partial charge in [0.25, 0.3) is 0 Å². The van der Waals surface area contributed by atoms with Crippen LogP contribution in [0.2, 0.25) is 0 Å². The Hall–Kier alpha value is -1.60. The first-order chi connectivity index (χ1) is 9.81. The zero-order valence-corrected chi connectivity index (χ0v) is 12.9. The van der Waals surface area contributed by atoms with Crippen molar-refractivity contribution in [3.8, 4) is 0 Å². The Balaban J connectivity index is 0.000000704. The Labute approximate surface area is 123 Å². The van der Waals surface area contributed by atoms with E-state index in [0.717, 1.165) is 13.1 Å². The van der Waals surface area contributed by atoms with Crippen LogP contribution in [0.5, 0.6) is 0 Å². The molecule has 1 nitrogen and oxygen atoms in total. The molecule has 0 saturated carbocycles. The lowest BCUT2D eigenvalue weighted by Gasteiger charge is -2.29. The van der Waals surface area contributed by atoms with Gasteiger partial charge >= 0.3 is 0 Å². The van der Waals surface area contributed by atoms with Gasteiger partial charge in [-0.05, 0) is 30.0 Å². The van der Waals surface area contributed by atoms with E-state index in [1.807, 2.05) is 13.8 Å². The standard InChI is InChI=1S/C17H19N.C2H6/c1-14-7-8-17-13-18(10-9-16(17)11-14)12-15-5-3-2-4-6-15;1-2/h2-8,11H,9-10,12-13H2,1H3;1-2H3. The summed E-state index contributed by atoms with van der Waals surface area (Å²) >= 11 is 0. The van der Waals surface area contributed by atoms with Crippen molar-refractivity contribution in [3.05, 3.63) is 70.8 Å². The van der Waals surface area contributed by atoms with Crippen LogP contribution in [0.15, 0.2) is 48.5 Å². The lowest BCUT2D eigenvalue weighted by Crippen LogP contribution is -2.30. The molecule has 1 heteroatoms. The Bertz CT molecular complexity index is 531. The molecule has 3 rings (SSSR count).